The van der Waals surface area contributed by atoms with Crippen LogP contribution >= 0.6 is 0 Å². The van der Waals surface area contributed by atoms with Crippen molar-refractivity contribution in [3.63, 3.8) is 0 Å². The van der Waals surface area contributed by atoms with Crippen LogP contribution in [0.15, 0.2) is 35.5 Å². The van der Waals surface area contributed by atoms with Crippen LogP contribution < -0.4 is 5.32 Å². The molecule has 5 atom stereocenters. The molecule has 26 heavy (non-hydrogen) atoms. The molecule has 3 aliphatic heterocycles. The van der Waals surface area contributed by atoms with Crippen LogP contribution in [0.3, 0.4) is 0 Å². The van der Waals surface area contributed by atoms with Crippen molar-refractivity contribution < 1.29 is 19.7 Å². The van der Waals surface area contributed by atoms with Gasteiger partial charge in [-0.2, -0.15) is 0 Å². The number of fused-ring (bicyclic) bond motifs is 2. The van der Waals surface area contributed by atoms with Gasteiger partial charge < -0.3 is 20.3 Å². The van der Waals surface area contributed by atoms with E-state index in [1.165, 1.54) is 12.7 Å². The van der Waals surface area contributed by atoms with Crippen molar-refractivity contribution in [1.82, 2.24) is 4.90 Å². The molecule has 0 radical (unpaired) electrons. The molecule has 0 aromatic heterocycles. The number of aliphatic hydroxyl groups is 2. The van der Waals surface area contributed by atoms with E-state index in [9.17, 15) is 15.0 Å². The quantitative estimate of drug-likeness (QED) is 0.686. The van der Waals surface area contributed by atoms with Gasteiger partial charge in [-0.1, -0.05) is 18.2 Å². The van der Waals surface area contributed by atoms with Crippen molar-refractivity contribution >= 4 is 11.7 Å². The van der Waals surface area contributed by atoms with Crippen LogP contribution in [0.4, 0.5) is 5.69 Å². The average molecular weight is 356 g/mol. The highest BCUT2D eigenvalue weighted by atomic mass is 16.5. The van der Waals surface area contributed by atoms with Crippen molar-refractivity contribution in [2.75, 3.05) is 25.5 Å². The lowest BCUT2D eigenvalue weighted by Gasteiger charge is -2.54. The number of piperidine rings is 1. The zero-order valence-corrected chi connectivity index (χ0v) is 15.0. The number of carbonyl (C=O) groups excluding carboxylic acids is 1. The molecule has 2 saturated heterocycles. The zero-order chi connectivity index (χ0) is 18.3. The molecule has 0 saturated carbocycles. The van der Waals surface area contributed by atoms with Crippen LogP contribution in [0.2, 0.25) is 0 Å². The van der Waals surface area contributed by atoms with Gasteiger partial charge in [-0.05, 0) is 37.9 Å². The molecule has 0 unspecified atom stereocenters. The Morgan fingerprint density at radius 1 is 1.42 bits per heavy atom. The van der Waals surface area contributed by atoms with Crippen LogP contribution in [0, 0.1) is 5.92 Å². The zero-order valence-electron chi connectivity index (χ0n) is 15.0. The number of anilines is 1. The Hall–Kier alpha value is -1.89. The lowest BCUT2D eigenvalue weighted by Crippen LogP contribution is -2.66. The molecule has 2 fully saturated rings. The second-order valence-electron chi connectivity index (χ2n) is 8.11. The summed E-state index contributed by atoms with van der Waals surface area (Å²) in [6, 6.07) is 8.43. The number of ether oxygens (including phenoxy) is 1. The highest BCUT2D eigenvalue weighted by molar-refractivity contribution is 5.94. The Bertz CT molecular complexity index is 835. The van der Waals surface area contributed by atoms with E-state index in [0.717, 1.165) is 24.4 Å². The number of benzene rings is 1. The number of methoxy groups -OCH3 is 1. The molecule has 3 N–H and O–H groups in total. The van der Waals surface area contributed by atoms with Crippen molar-refractivity contribution in [1.29, 1.82) is 0 Å². The maximum Gasteiger partial charge on any atom is 0.335 e. The third-order valence-corrected chi connectivity index (χ3v) is 7.18. The maximum absolute atomic E-state index is 12.8. The molecular formula is C20H24N2O4. The molecule has 1 aromatic carbocycles. The van der Waals surface area contributed by atoms with Gasteiger partial charge in [-0.15, -0.1) is 0 Å². The highest BCUT2D eigenvalue weighted by Crippen LogP contribution is 2.62. The van der Waals surface area contributed by atoms with Gasteiger partial charge in [0.1, 0.15) is 5.60 Å². The summed E-state index contributed by atoms with van der Waals surface area (Å²) in [4.78, 5) is 15.1. The molecule has 4 aliphatic rings. The van der Waals surface area contributed by atoms with Crippen LogP contribution in [0.25, 0.3) is 0 Å². The number of hydrogen-bond acceptors (Lipinski definition) is 6. The first kappa shape index (κ1) is 16.3. The smallest absolute Gasteiger partial charge is 0.335 e. The number of carbonyl (C=O) groups is 1. The summed E-state index contributed by atoms with van der Waals surface area (Å²) in [6.07, 6.45) is 0.594. The standard InChI is InChI=1S/C20H24N2O4/c1-11(23)20(25)10-22-8-7-19-12-5-3-4-6-14(12)21-17(19)16(18(24)26-2)13(20)9-15(19)22/h3-6,11,13,15,21,23,25H,7-10H2,1-2H3/t11-,13+,15-,19+,20+/m0/s1. The number of esters is 1. The topological polar surface area (TPSA) is 82.0 Å². The van der Waals surface area contributed by atoms with E-state index >= 15 is 0 Å². The third-order valence-electron chi connectivity index (χ3n) is 7.18. The normalized spacial score (nSPS) is 38.5. The summed E-state index contributed by atoms with van der Waals surface area (Å²) in [5.41, 5.74) is 2.01. The predicted octanol–water partition coefficient (Wildman–Crippen LogP) is 0.997. The Kier molecular flexibility index (Phi) is 3.19. The highest BCUT2D eigenvalue weighted by Gasteiger charge is 2.66. The average Bonchev–Trinajstić information content (AvgIpc) is 3.18. The molecule has 6 nitrogen and oxygen atoms in total. The van der Waals surface area contributed by atoms with Crippen LogP contribution in [0.1, 0.15) is 25.3 Å². The third kappa shape index (κ3) is 1.70. The van der Waals surface area contributed by atoms with E-state index in [1.54, 1.807) is 6.92 Å². The van der Waals surface area contributed by atoms with Crippen LogP contribution in [0.5, 0.6) is 0 Å². The van der Waals surface area contributed by atoms with Gasteiger partial charge in [-0.25, -0.2) is 4.79 Å². The van der Waals surface area contributed by atoms with E-state index in [4.69, 9.17) is 4.74 Å². The first-order valence-corrected chi connectivity index (χ1v) is 9.27. The van der Waals surface area contributed by atoms with Gasteiger partial charge >= 0.3 is 5.97 Å². The predicted molar refractivity (Wildman–Crippen MR) is 95.5 cm³/mol. The maximum atomic E-state index is 12.8. The van der Waals surface area contributed by atoms with Crippen molar-refractivity contribution in [2.45, 2.75) is 42.9 Å². The first-order chi connectivity index (χ1) is 12.4. The second-order valence-corrected chi connectivity index (χ2v) is 8.11. The number of aliphatic hydroxyl groups excluding tert-OH is 1. The SMILES string of the molecule is COC(=O)C1=C2Nc3ccccc3[C@@]23CCN2C[C@@](O)([C@H](C)O)[C@@H]1C[C@H]23. The second kappa shape index (κ2) is 5.09. The Morgan fingerprint density at radius 2 is 2.19 bits per heavy atom. The molecule has 6 heteroatoms. The summed E-state index contributed by atoms with van der Waals surface area (Å²) in [5, 5.41) is 25.2. The largest absolute Gasteiger partial charge is 0.466 e. The molecule has 3 heterocycles. The number of nitrogens with one attached hydrogen (secondary N) is 1. The van der Waals surface area contributed by atoms with Crippen LogP contribution in [-0.4, -0.2) is 59.0 Å². The van der Waals surface area contributed by atoms with E-state index in [1.807, 2.05) is 18.2 Å². The van der Waals surface area contributed by atoms with E-state index < -0.39 is 23.6 Å². The van der Waals surface area contributed by atoms with Crippen LogP contribution in [-0.2, 0) is 14.9 Å². The lowest BCUT2D eigenvalue weighted by molar-refractivity contribution is -0.157. The van der Waals surface area contributed by atoms with E-state index in [2.05, 4.69) is 16.3 Å². The summed E-state index contributed by atoms with van der Waals surface area (Å²) in [6.45, 7) is 2.81. The fourth-order valence-corrected chi connectivity index (χ4v) is 5.95. The molecular weight excluding hydrogens is 332 g/mol. The lowest BCUT2D eigenvalue weighted by atomic mass is 9.58. The Labute approximate surface area is 152 Å². The van der Waals surface area contributed by atoms with Gasteiger partial charge in [-0.3, -0.25) is 4.90 Å². The number of para-hydroxylation sites is 1. The van der Waals surface area contributed by atoms with Crippen molar-refractivity contribution in [3.8, 4) is 0 Å². The van der Waals surface area contributed by atoms with E-state index in [0.29, 0.717) is 18.5 Å². The fraction of sp³-hybridized carbons (Fsp3) is 0.550. The van der Waals surface area contributed by atoms with Gasteiger partial charge in [0.05, 0.1) is 24.2 Å². The molecule has 138 valence electrons. The molecule has 1 aliphatic carbocycles. The Morgan fingerprint density at radius 3 is 2.92 bits per heavy atom. The van der Waals surface area contributed by atoms with E-state index in [-0.39, 0.29) is 11.5 Å². The minimum atomic E-state index is -1.36. The molecule has 5 rings (SSSR count). The van der Waals surface area contributed by atoms with Gasteiger partial charge in [0.25, 0.3) is 0 Å². The fourth-order valence-electron chi connectivity index (χ4n) is 5.95. The minimum Gasteiger partial charge on any atom is -0.466 e. The molecule has 2 bridgehead atoms. The number of hydrogen-bond donors (Lipinski definition) is 3. The van der Waals surface area contributed by atoms with Crippen molar-refractivity contribution in [2.24, 2.45) is 5.92 Å². The van der Waals surface area contributed by atoms with Gasteiger partial charge in [0.15, 0.2) is 0 Å². The molecule has 0 amide bonds. The molecule has 1 aromatic rings. The summed E-state index contributed by atoms with van der Waals surface area (Å²) >= 11 is 0. The van der Waals surface area contributed by atoms with Gasteiger partial charge in [0.2, 0.25) is 0 Å². The first-order valence-electron chi connectivity index (χ1n) is 9.27. The van der Waals surface area contributed by atoms with Crippen molar-refractivity contribution in [3.05, 3.63) is 41.1 Å². The number of nitrogens with zero attached hydrogens (tertiary/aromatic N) is 1. The number of rotatable bonds is 2. The Balaban J connectivity index is 1.80. The van der Waals surface area contributed by atoms with Gasteiger partial charge in [0, 0.05) is 29.9 Å². The monoisotopic (exact) mass is 356 g/mol. The summed E-state index contributed by atoms with van der Waals surface area (Å²) < 4.78 is 5.12. The minimum absolute atomic E-state index is 0.214. The summed E-state index contributed by atoms with van der Waals surface area (Å²) in [7, 11) is 1.38. The summed E-state index contributed by atoms with van der Waals surface area (Å²) in [5.74, 6) is -0.859. The molecule has 1 spiro atoms.